The topological polar surface area (TPSA) is 82.0 Å². The molecule has 0 spiro atoms. The van der Waals surface area contributed by atoms with Gasteiger partial charge in [0.1, 0.15) is 0 Å². The van der Waals surface area contributed by atoms with Gasteiger partial charge in [0.2, 0.25) is 11.8 Å². The van der Waals surface area contributed by atoms with Crippen LogP contribution in [0.3, 0.4) is 0 Å². The number of carbonyl (C=O) groups excluding carboxylic acids is 2. The van der Waals surface area contributed by atoms with Crippen LogP contribution in [-0.2, 0) is 22.4 Å². The molecule has 0 aliphatic heterocycles. The molecule has 1 aliphatic carbocycles. The average Bonchev–Trinajstić information content (AvgIpc) is 3.49. The number of aryl methyl sites for hydroxylation is 2. The number of benzene rings is 2. The van der Waals surface area contributed by atoms with Crippen LogP contribution in [0.5, 0.6) is 0 Å². The van der Waals surface area contributed by atoms with E-state index in [2.05, 4.69) is 24.5 Å². The van der Waals surface area contributed by atoms with Crippen LogP contribution < -0.4 is 10.6 Å². The second-order valence-electron chi connectivity index (χ2n) is 6.78. The standard InChI is InChI=1S/C22H23N3O2/c1-3-15-8-6-9-16(4-2)20(15)25-22(27)19-12-18(19)21(26)24-17-10-5-7-14(11-17)13-23/h5-11,18-19H,3-4,12H2,1-2H3,(H,24,26)(H,25,27). The molecule has 0 radical (unpaired) electrons. The number of para-hydroxylation sites is 1. The maximum Gasteiger partial charge on any atom is 0.228 e. The lowest BCUT2D eigenvalue weighted by atomic mass is 10.0. The molecule has 5 heteroatoms. The minimum atomic E-state index is -0.324. The van der Waals surface area contributed by atoms with Crippen LogP contribution in [-0.4, -0.2) is 11.8 Å². The maximum atomic E-state index is 12.6. The van der Waals surface area contributed by atoms with Gasteiger partial charge in [-0.05, 0) is 48.6 Å². The van der Waals surface area contributed by atoms with Gasteiger partial charge in [-0.25, -0.2) is 0 Å². The number of carbonyl (C=O) groups is 2. The Morgan fingerprint density at radius 3 is 2.19 bits per heavy atom. The molecule has 138 valence electrons. The van der Waals surface area contributed by atoms with Gasteiger partial charge in [0.25, 0.3) is 0 Å². The molecule has 27 heavy (non-hydrogen) atoms. The van der Waals surface area contributed by atoms with Gasteiger partial charge >= 0.3 is 0 Å². The fourth-order valence-electron chi connectivity index (χ4n) is 3.30. The molecule has 2 atom stereocenters. The van der Waals surface area contributed by atoms with Crippen molar-refractivity contribution in [2.24, 2.45) is 11.8 Å². The van der Waals surface area contributed by atoms with Crippen LogP contribution in [0.2, 0.25) is 0 Å². The fraction of sp³-hybridized carbons (Fsp3) is 0.318. The third kappa shape index (κ3) is 4.17. The van der Waals surface area contributed by atoms with Crippen molar-refractivity contribution in [3.05, 3.63) is 59.2 Å². The van der Waals surface area contributed by atoms with E-state index in [0.717, 1.165) is 29.7 Å². The zero-order valence-corrected chi connectivity index (χ0v) is 15.6. The van der Waals surface area contributed by atoms with E-state index in [0.29, 0.717) is 17.7 Å². The summed E-state index contributed by atoms with van der Waals surface area (Å²) < 4.78 is 0. The zero-order chi connectivity index (χ0) is 19.4. The van der Waals surface area contributed by atoms with Crippen molar-refractivity contribution >= 4 is 23.2 Å². The van der Waals surface area contributed by atoms with Gasteiger partial charge in [0.15, 0.2) is 0 Å². The summed E-state index contributed by atoms with van der Waals surface area (Å²) in [6.45, 7) is 4.13. The molecule has 0 saturated heterocycles. The molecule has 1 aliphatic rings. The largest absolute Gasteiger partial charge is 0.326 e. The summed E-state index contributed by atoms with van der Waals surface area (Å²) in [6, 6.07) is 14.9. The van der Waals surface area contributed by atoms with Crippen LogP contribution >= 0.6 is 0 Å². The van der Waals surface area contributed by atoms with Crippen LogP contribution in [0.15, 0.2) is 42.5 Å². The summed E-state index contributed by atoms with van der Waals surface area (Å²) in [6.07, 6.45) is 2.23. The number of amides is 2. The third-order valence-corrected chi connectivity index (χ3v) is 4.97. The predicted octanol–water partition coefficient (Wildman–Crippen LogP) is 3.90. The highest BCUT2D eigenvalue weighted by molar-refractivity contribution is 6.03. The first kappa shape index (κ1) is 18.7. The first-order valence-corrected chi connectivity index (χ1v) is 9.30. The molecule has 2 amide bonds. The smallest absolute Gasteiger partial charge is 0.228 e. The average molecular weight is 361 g/mol. The molecule has 0 heterocycles. The lowest BCUT2D eigenvalue weighted by Gasteiger charge is -2.14. The van der Waals surface area contributed by atoms with Crippen LogP contribution in [0.1, 0.15) is 37.0 Å². The van der Waals surface area contributed by atoms with Gasteiger partial charge < -0.3 is 10.6 Å². The maximum absolute atomic E-state index is 12.6. The second kappa shape index (κ2) is 8.05. The summed E-state index contributed by atoms with van der Waals surface area (Å²) in [5, 5.41) is 14.8. The van der Waals surface area contributed by atoms with Gasteiger partial charge in [-0.1, -0.05) is 38.1 Å². The van der Waals surface area contributed by atoms with Crippen molar-refractivity contribution in [3.63, 3.8) is 0 Å². The van der Waals surface area contributed by atoms with E-state index in [4.69, 9.17) is 5.26 Å². The van der Waals surface area contributed by atoms with Crippen molar-refractivity contribution in [2.75, 3.05) is 10.6 Å². The Bertz CT molecular complexity index is 892. The molecule has 1 fully saturated rings. The molecule has 0 bridgehead atoms. The Balaban J connectivity index is 1.64. The van der Waals surface area contributed by atoms with Crippen molar-refractivity contribution in [1.82, 2.24) is 0 Å². The number of nitrogens with zero attached hydrogens (tertiary/aromatic N) is 1. The Hall–Kier alpha value is -3.13. The molecular formula is C22H23N3O2. The van der Waals surface area contributed by atoms with Crippen molar-refractivity contribution in [1.29, 1.82) is 5.26 Å². The van der Waals surface area contributed by atoms with Crippen molar-refractivity contribution in [2.45, 2.75) is 33.1 Å². The molecule has 2 unspecified atom stereocenters. The van der Waals surface area contributed by atoms with E-state index < -0.39 is 0 Å². The number of hydrogen-bond donors (Lipinski definition) is 2. The van der Waals surface area contributed by atoms with Crippen LogP contribution in [0.25, 0.3) is 0 Å². The van der Waals surface area contributed by atoms with Crippen molar-refractivity contribution < 1.29 is 9.59 Å². The first-order valence-electron chi connectivity index (χ1n) is 9.30. The normalized spacial score (nSPS) is 17.7. The van der Waals surface area contributed by atoms with Gasteiger partial charge in [-0.15, -0.1) is 0 Å². The lowest BCUT2D eigenvalue weighted by molar-refractivity contribution is -0.122. The van der Waals surface area contributed by atoms with E-state index in [1.54, 1.807) is 24.3 Å². The second-order valence-corrected chi connectivity index (χ2v) is 6.78. The first-order chi connectivity index (χ1) is 13.1. The third-order valence-electron chi connectivity index (χ3n) is 4.97. The molecule has 0 aromatic heterocycles. The Kier molecular flexibility index (Phi) is 5.56. The van der Waals surface area contributed by atoms with Gasteiger partial charge in [0, 0.05) is 11.4 Å². The van der Waals surface area contributed by atoms with E-state index in [-0.39, 0.29) is 23.7 Å². The summed E-state index contributed by atoms with van der Waals surface area (Å²) in [7, 11) is 0. The molecule has 2 aromatic rings. The predicted molar refractivity (Wildman–Crippen MR) is 105 cm³/mol. The summed E-state index contributed by atoms with van der Waals surface area (Å²) in [4.78, 5) is 25.1. The lowest BCUT2D eigenvalue weighted by Crippen LogP contribution is -2.21. The Labute approximate surface area is 159 Å². The number of nitrogens with one attached hydrogen (secondary N) is 2. The highest BCUT2D eigenvalue weighted by atomic mass is 16.2. The van der Waals surface area contributed by atoms with Crippen LogP contribution in [0.4, 0.5) is 11.4 Å². The highest BCUT2D eigenvalue weighted by Crippen LogP contribution is 2.40. The number of hydrogen-bond acceptors (Lipinski definition) is 3. The fourth-order valence-corrected chi connectivity index (χ4v) is 3.30. The monoisotopic (exact) mass is 361 g/mol. The molecule has 5 nitrogen and oxygen atoms in total. The summed E-state index contributed by atoms with van der Waals surface area (Å²) >= 11 is 0. The van der Waals surface area contributed by atoms with E-state index >= 15 is 0 Å². The minimum absolute atomic E-state index is 0.100. The Morgan fingerprint density at radius 1 is 1.00 bits per heavy atom. The molecule has 1 saturated carbocycles. The quantitative estimate of drug-likeness (QED) is 0.819. The van der Waals surface area contributed by atoms with E-state index in [9.17, 15) is 9.59 Å². The summed E-state index contributed by atoms with van der Waals surface area (Å²) in [5.74, 6) is -0.908. The van der Waals surface area contributed by atoms with E-state index in [1.165, 1.54) is 0 Å². The molecule has 2 N–H and O–H groups in total. The minimum Gasteiger partial charge on any atom is -0.326 e. The number of rotatable bonds is 6. The zero-order valence-electron chi connectivity index (χ0n) is 15.6. The molecule has 2 aromatic carbocycles. The molecule has 3 rings (SSSR count). The van der Waals surface area contributed by atoms with E-state index in [1.807, 2.05) is 24.3 Å². The molecular weight excluding hydrogens is 338 g/mol. The van der Waals surface area contributed by atoms with Gasteiger partial charge in [-0.3, -0.25) is 9.59 Å². The van der Waals surface area contributed by atoms with Gasteiger partial charge in [0.05, 0.1) is 23.5 Å². The summed E-state index contributed by atoms with van der Waals surface area (Å²) in [5.41, 5.74) is 4.17. The number of nitriles is 1. The van der Waals surface area contributed by atoms with Gasteiger partial charge in [-0.2, -0.15) is 5.26 Å². The Morgan fingerprint density at radius 2 is 1.59 bits per heavy atom. The number of anilines is 2. The highest BCUT2D eigenvalue weighted by Gasteiger charge is 2.48. The SMILES string of the molecule is CCc1cccc(CC)c1NC(=O)C1CC1C(=O)Nc1cccc(C#N)c1. The van der Waals surface area contributed by atoms with Crippen molar-refractivity contribution in [3.8, 4) is 6.07 Å². The van der Waals surface area contributed by atoms with Crippen LogP contribution in [0, 0.1) is 23.2 Å².